The van der Waals surface area contributed by atoms with E-state index in [0.717, 1.165) is 32.1 Å². The van der Waals surface area contributed by atoms with Gasteiger partial charge in [0.2, 0.25) is 0 Å². The van der Waals surface area contributed by atoms with Gasteiger partial charge in [-0.1, -0.05) is 63.1 Å². The first-order valence-corrected chi connectivity index (χ1v) is 8.05. The summed E-state index contributed by atoms with van der Waals surface area (Å²) in [6, 6.07) is 10.2. The van der Waals surface area contributed by atoms with Gasteiger partial charge in [-0.2, -0.15) is 0 Å². The van der Waals surface area contributed by atoms with E-state index < -0.39 is 0 Å². The van der Waals surface area contributed by atoms with Crippen molar-refractivity contribution in [3.05, 3.63) is 48.6 Å². The van der Waals surface area contributed by atoms with Gasteiger partial charge < -0.3 is 9.84 Å². The van der Waals surface area contributed by atoms with Crippen LogP contribution >= 0.6 is 0 Å². The molecule has 0 unspecified atom stereocenters. The Morgan fingerprint density at radius 1 is 1.29 bits per heavy atom. The Morgan fingerprint density at radius 3 is 2.62 bits per heavy atom. The van der Waals surface area contributed by atoms with Gasteiger partial charge >= 0.3 is 0 Å². The zero-order valence-electron chi connectivity index (χ0n) is 13.6. The van der Waals surface area contributed by atoms with E-state index in [9.17, 15) is 5.11 Å². The number of benzene rings is 1. The molecule has 0 saturated heterocycles. The molecule has 1 N–H and O–H groups in total. The van der Waals surface area contributed by atoms with Gasteiger partial charge in [0, 0.05) is 12.0 Å². The van der Waals surface area contributed by atoms with Crippen molar-refractivity contribution >= 4 is 0 Å². The summed E-state index contributed by atoms with van der Waals surface area (Å²) in [4.78, 5) is 0. The van der Waals surface area contributed by atoms with Crippen LogP contribution in [-0.2, 0) is 11.3 Å². The first-order chi connectivity index (χ1) is 10.1. The summed E-state index contributed by atoms with van der Waals surface area (Å²) in [7, 11) is 0. The predicted octanol–water partition coefficient (Wildman–Crippen LogP) is 4.73. The van der Waals surface area contributed by atoms with E-state index in [1.54, 1.807) is 0 Å². The average molecular weight is 290 g/mol. The molecule has 0 aliphatic carbocycles. The zero-order chi connectivity index (χ0) is 15.6. The highest BCUT2D eigenvalue weighted by Crippen LogP contribution is 2.32. The lowest BCUT2D eigenvalue weighted by atomic mass is 9.78. The number of ether oxygens (including phenoxy) is 1. The van der Waals surface area contributed by atoms with Gasteiger partial charge in [0.15, 0.2) is 0 Å². The minimum absolute atomic E-state index is 0.171. The molecular formula is C19H30O2. The molecule has 1 aromatic carbocycles. The molecule has 0 aliphatic rings. The lowest BCUT2D eigenvalue weighted by Gasteiger charge is -2.31. The number of aliphatic hydroxyl groups is 1. The van der Waals surface area contributed by atoms with Crippen molar-refractivity contribution in [3.63, 3.8) is 0 Å². The number of hydrogen-bond donors (Lipinski definition) is 1. The van der Waals surface area contributed by atoms with Crippen molar-refractivity contribution in [3.8, 4) is 0 Å². The highest BCUT2D eigenvalue weighted by Gasteiger charge is 2.28. The summed E-state index contributed by atoms with van der Waals surface area (Å²) in [5.41, 5.74) is 1.02. The maximum absolute atomic E-state index is 10.4. The summed E-state index contributed by atoms with van der Waals surface area (Å²) >= 11 is 0. The second-order valence-corrected chi connectivity index (χ2v) is 6.01. The lowest BCUT2D eigenvalue weighted by Crippen LogP contribution is -2.30. The highest BCUT2D eigenvalue weighted by atomic mass is 16.5. The molecule has 0 radical (unpaired) electrons. The van der Waals surface area contributed by atoms with Gasteiger partial charge in [-0.05, 0) is 24.8 Å². The van der Waals surface area contributed by atoms with E-state index in [0.29, 0.717) is 13.2 Å². The van der Waals surface area contributed by atoms with Crippen molar-refractivity contribution in [2.24, 2.45) is 5.41 Å². The Labute approximate surface area is 129 Å². The van der Waals surface area contributed by atoms with E-state index in [1.165, 1.54) is 5.56 Å². The minimum Gasteiger partial charge on any atom is -0.392 e. The third kappa shape index (κ3) is 6.45. The number of unbranched alkanes of at least 4 members (excludes halogenated alkanes) is 1. The molecule has 2 atom stereocenters. The molecule has 0 spiro atoms. The van der Waals surface area contributed by atoms with Crippen molar-refractivity contribution in [2.75, 3.05) is 6.61 Å². The van der Waals surface area contributed by atoms with Gasteiger partial charge in [0.05, 0.1) is 12.7 Å². The van der Waals surface area contributed by atoms with Gasteiger partial charge in [-0.3, -0.25) is 0 Å². The van der Waals surface area contributed by atoms with Crippen LogP contribution in [0.15, 0.2) is 43.0 Å². The van der Waals surface area contributed by atoms with Crippen molar-refractivity contribution < 1.29 is 9.84 Å². The Kier molecular flexibility index (Phi) is 8.33. The van der Waals surface area contributed by atoms with Crippen LogP contribution in [0.5, 0.6) is 0 Å². The van der Waals surface area contributed by atoms with Gasteiger partial charge in [-0.15, -0.1) is 6.58 Å². The molecule has 118 valence electrons. The molecule has 2 nitrogen and oxygen atoms in total. The first-order valence-electron chi connectivity index (χ1n) is 8.05. The van der Waals surface area contributed by atoms with Crippen LogP contribution in [-0.4, -0.2) is 17.8 Å². The van der Waals surface area contributed by atoms with Crippen molar-refractivity contribution in [1.82, 2.24) is 0 Å². The van der Waals surface area contributed by atoms with Crippen molar-refractivity contribution in [1.29, 1.82) is 0 Å². The van der Waals surface area contributed by atoms with Crippen LogP contribution in [0.4, 0.5) is 0 Å². The van der Waals surface area contributed by atoms with Crippen LogP contribution in [0.2, 0.25) is 0 Å². The second kappa shape index (κ2) is 9.75. The minimum atomic E-state index is -0.332. The maximum atomic E-state index is 10.4. The van der Waals surface area contributed by atoms with Gasteiger partial charge in [0.1, 0.15) is 0 Å². The third-order valence-corrected chi connectivity index (χ3v) is 4.17. The predicted molar refractivity (Wildman–Crippen MR) is 89.2 cm³/mol. The van der Waals surface area contributed by atoms with E-state index in [2.05, 4.69) is 32.6 Å². The lowest BCUT2D eigenvalue weighted by molar-refractivity contribution is 0.0404. The maximum Gasteiger partial charge on any atom is 0.0716 e. The molecule has 1 aromatic rings. The van der Waals surface area contributed by atoms with Gasteiger partial charge in [-0.25, -0.2) is 0 Å². The molecule has 0 saturated carbocycles. The van der Waals surface area contributed by atoms with Crippen molar-refractivity contribution in [2.45, 2.75) is 58.7 Å². The Hall–Kier alpha value is -1.12. The molecule has 0 bridgehead atoms. The van der Waals surface area contributed by atoms with Crippen LogP contribution in [0, 0.1) is 5.41 Å². The number of hydrogen-bond acceptors (Lipinski definition) is 2. The smallest absolute Gasteiger partial charge is 0.0716 e. The SMILES string of the molecule is C=C[C@](C)(CCCC)[C@H](O)CCCOCc1ccccc1. The standard InChI is InChI=1S/C19H30O2/c1-4-6-14-19(3,5-2)18(20)13-10-15-21-16-17-11-8-7-9-12-17/h5,7-9,11-12,18,20H,2,4,6,10,13-16H2,1,3H3/t18-,19-/m1/s1. The summed E-state index contributed by atoms with van der Waals surface area (Å²) in [5.74, 6) is 0. The van der Waals surface area contributed by atoms with Crippen LogP contribution < -0.4 is 0 Å². The van der Waals surface area contributed by atoms with E-state index in [4.69, 9.17) is 4.74 Å². The molecule has 0 amide bonds. The molecule has 21 heavy (non-hydrogen) atoms. The average Bonchev–Trinajstić information content (AvgIpc) is 2.53. The van der Waals surface area contributed by atoms with Crippen LogP contribution in [0.1, 0.15) is 51.5 Å². The molecule has 0 aliphatic heterocycles. The highest BCUT2D eigenvalue weighted by molar-refractivity contribution is 5.13. The Bertz CT molecular complexity index is 388. The normalized spacial score (nSPS) is 15.4. The van der Waals surface area contributed by atoms with E-state index >= 15 is 0 Å². The quantitative estimate of drug-likeness (QED) is 0.472. The molecule has 0 heterocycles. The first kappa shape index (κ1) is 17.9. The van der Waals surface area contributed by atoms with Crippen LogP contribution in [0.25, 0.3) is 0 Å². The number of aliphatic hydroxyl groups excluding tert-OH is 1. The Morgan fingerprint density at radius 2 is 2.00 bits per heavy atom. The number of rotatable bonds is 11. The molecule has 1 rings (SSSR count). The van der Waals surface area contributed by atoms with Gasteiger partial charge in [0.25, 0.3) is 0 Å². The second-order valence-electron chi connectivity index (χ2n) is 6.01. The third-order valence-electron chi connectivity index (χ3n) is 4.17. The molecule has 2 heteroatoms. The summed E-state index contributed by atoms with van der Waals surface area (Å²) in [6.07, 6.45) is 6.50. The van der Waals surface area contributed by atoms with E-state index in [1.807, 2.05) is 24.3 Å². The summed E-state index contributed by atoms with van der Waals surface area (Å²) < 4.78 is 5.66. The monoisotopic (exact) mass is 290 g/mol. The molecule has 0 fully saturated rings. The van der Waals surface area contributed by atoms with E-state index in [-0.39, 0.29) is 11.5 Å². The molecule has 0 aromatic heterocycles. The topological polar surface area (TPSA) is 29.5 Å². The zero-order valence-corrected chi connectivity index (χ0v) is 13.6. The molecular weight excluding hydrogens is 260 g/mol. The fourth-order valence-electron chi connectivity index (χ4n) is 2.44. The fraction of sp³-hybridized carbons (Fsp3) is 0.579. The largest absolute Gasteiger partial charge is 0.392 e. The fourth-order valence-corrected chi connectivity index (χ4v) is 2.44. The summed E-state index contributed by atoms with van der Waals surface area (Å²) in [5, 5.41) is 10.4. The van der Waals surface area contributed by atoms with Crippen LogP contribution in [0.3, 0.4) is 0 Å². The Balaban J connectivity index is 2.23. The summed E-state index contributed by atoms with van der Waals surface area (Å²) in [6.45, 7) is 9.51.